The molecule has 8 heteroatoms. The highest BCUT2D eigenvalue weighted by Gasteiger charge is 2.22. The molecule has 120 valence electrons. The maximum atomic E-state index is 12.1. The van der Waals surface area contributed by atoms with Crippen LogP contribution >= 0.6 is 11.3 Å². The molecule has 0 aliphatic rings. The van der Waals surface area contributed by atoms with Crippen molar-refractivity contribution in [3.05, 3.63) is 58.6 Å². The zero-order valence-corrected chi connectivity index (χ0v) is 14.0. The first-order chi connectivity index (χ1) is 11.1. The molecule has 0 unspecified atom stereocenters. The molecule has 1 atom stereocenters. The van der Waals surface area contributed by atoms with Crippen molar-refractivity contribution in [2.24, 2.45) is 0 Å². The fourth-order valence-corrected chi connectivity index (χ4v) is 4.19. The van der Waals surface area contributed by atoms with Crippen LogP contribution in [-0.2, 0) is 10.0 Å². The van der Waals surface area contributed by atoms with Gasteiger partial charge in [0.25, 0.3) is 10.0 Å². The number of sulfonamides is 1. The minimum absolute atomic E-state index is 0.0666. The van der Waals surface area contributed by atoms with E-state index in [1.165, 1.54) is 17.4 Å². The van der Waals surface area contributed by atoms with Crippen LogP contribution < -0.4 is 4.72 Å². The molecule has 3 aromatic rings. The first-order valence-corrected chi connectivity index (χ1v) is 9.46. The molecule has 0 bridgehead atoms. The molecule has 0 aliphatic heterocycles. The molecule has 0 aliphatic carbocycles. The molecule has 0 radical (unpaired) electrons. The monoisotopic (exact) mass is 349 g/mol. The Morgan fingerprint density at radius 3 is 2.65 bits per heavy atom. The summed E-state index contributed by atoms with van der Waals surface area (Å²) in [5.41, 5.74) is 1.05. The second kappa shape index (κ2) is 6.51. The van der Waals surface area contributed by atoms with Crippen LogP contribution in [0.15, 0.2) is 56.5 Å². The van der Waals surface area contributed by atoms with Crippen molar-refractivity contribution in [3.63, 3.8) is 0 Å². The zero-order chi connectivity index (χ0) is 16.3. The predicted octanol–water partition coefficient (Wildman–Crippen LogP) is 3.47. The second-order valence-corrected chi connectivity index (χ2v) is 7.34. The van der Waals surface area contributed by atoms with Crippen LogP contribution in [0.5, 0.6) is 0 Å². The molecule has 2 heterocycles. The van der Waals surface area contributed by atoms with E-state index in [1.807, 2.05) is 37.3 Å². The van der Waals surface area contributed by atoms with Crippen LogP contribution in [0.4, 0.5) is 6.01 Å². The fraction of sp³-hybridized carbons (Fsp3) is 0.200. The highest BCUT2D eigenvalue weighted by molar-refractivity contribution is 7.92. The van der Waals surface area contributed by atoms with Gasteiger partial charge in [0.05, 0.1) is 10.8 Å². The molecule has 3 rings (SSSR count). The minimum Gasteiger partial charge on any atom is -0.407 e. The third-order valence-electron chi connectivity index (χ3n) is 3.38. The highest BCUT2D eigenvalue weighted by atomic mass is 32.2. The molecule has 0 saturated carbocycles. The van der Waals surface area contributed by atoms with E-state index in [9.17, 15) is 8.42 Å². The van der Waals surface area contributed by atoms with Gasteiger partial charge < -0.3 is 4.42 Å². The highest BCUT2D eigenvalue weighted by Crippen LogP contribution is 2.28. The number of benzene rings is 1. The van der Waals surface area contributed by atoms with E-state index in [1.54, 1.807) is 10.8 Å². The summed E-state index contributed by atoms with van der Waals surface area (Å²) in [6, 6.07) is 11.2. The van der Waals surface area contributed by atoms with Crippen LogP contribution in [-0.4, -0.2) is 18.6 Å². The molecule has 2 aromatic heterocycles. The molecule has 1 aromatic carbocycles. The largest absolute Gasteiger partial charge is 0.407 e. The van der Waals surface area contributed by atoms with Crippen LogP contribution in [0.2, 0.25) is 0 Å². The van der Waals surface area contributed by atoms with Crippen molar-refractivity contribution in [1.82, 2.24) is 10.2 Å². The van der Waals surface area contributed by atoms with Gasteiger partial charge in [0, 0.05) is 5.38 Å². The number of hydrogen-bond acceptors (Lipinski definition) is 6. The van der Waals surface area contributed by atoms with Gasteiger partial charge in [-0.3, -0.25) is 0 Å². The van der Waals surface area contributed by atoms with Gasteiger partial charge in [0.1, 0.15) is 0 Å². The lowest BCUT2D eigenvalue weighted by Crippen LogP contribution is -2.12. The molecule has 6 nitrogen and oxygen atoms in total. The Balaban J connectivity index is 1.83. The Hall–Kier alpha value is -2.19. The average molecular weight is 349 g/mol. The van der Waals surface area contributed by atoms with Crippen molar-refractivity contribution in [2.45, 2.75) is 24.2 Å². The van der Waals surface area contributed by atoms with Gasteiger partial charge in [-0.15, -0.1) is 5.10 Å². The summed E-state index contributed by atoms with van der Waals surface area (Å²) in [5, 5.41) is 11.0. The van der Waals surface area contributed by atoms with Crippen LogP contribution in [0.1, 0.15) is 30.7 Å². The predicted molar refractivity (Wildman–Crippen MR) is 88.0 cm³/mol. The number of anilines is 1. The lowest BCUT2D eigenvalue weighted by molar-refractivity contribution is 0.476. The smallest absolute Gasteiger partial charge is 0.329 e. The summed E-state index contributed by atoms with van der Waals surface area (Å²) in [6.45, 7) is 2.01. The average Bonchev–Trinajstić information content (AvgIpc) is 3.21. The Kier molecular flexibility index (Phi) is 4.44. The van der Waals surface area contributed by atoms with Gasteiger partial charge in [0.15, 0.2) is 0 Å². The van der Waals surface area contributed by atoms with Crippen molar-refractivity contribution >= 4 is 27.4 Å². The Bertz CT molecular complexity index is 859. The molecular formula is C15H15N3O3S2. The minimum atomic E-state index is -3.69. The number of thiophene rings is 1. The summed E-state index contributed by atoms with van der Waals surface area (Å²) < 4.78 is 32.1. The number of rotatable bonds is 6. The standard InChI is InChI=1S/C15H15N3O3S2/c1-2-13(11-6-4-3-5-7-11)14-16-17-15(21-14)18-23(19,20)12-8-9-22-10-12/h3-10,13H,2H2,1H3,(H,17,18)/t13-/m0/s1. The first-order valence-electron chi connectivity index (χ1n) is 7.03. The Morgan fingerprint density at radius 1 is 1.22 bits per heavy atom. The van der Waals surface area contributed by atoms with Gasteiger partial charge >= 0.3 is 6.01 Å². The molecule has 23 heavy (non-hydrogen) atoms. The molecule has 1 N–H and O–H groups in total. The van der Waals surface area contributed by atoms with E-state index >= 15 is 0 Å². The van der Waals surface area contributed by atoms with Crippen molar-refractivity contribution < 1.29 is 12.8 Å². The van der Waals surface area contributed by atoms with Crippen LogP contribution in [0, 0.1) is 0 Å². The molecule has 0 spiro atoms. The molecular weight excluding hydrogens is 334 g/mol. The number of nitrogens with zero attached hydrogens (tertiary/aromatic N) is 2. The van der Waals surface area contributed by atoms with Crippen molar-refractivity contribution in [1.29, 1.82) is 0 Å². The van der Waals surface area contributed by atoms with Gasteiger partial charge in [-0.05, 0) is 23.4 Å². The second-order valence-electron chi connectivity index (χ2n) is 4.88. The number of aromatic nitrogens is 2. The fourth-order valence-electron chi connectivity index (χ4n) is 2.23. The van der Waals surface area contributed by atoms with E-state index in [0.717, 1.165) is 12.0 Å². The summed E-state index contributed by atoms with van der Waals surface area (Å²) in [7, 11) is -3.69. The molecule has 0 fully saturated rings. The van der Waals surface area contributed by atoms with Crippen LogP contribution in [0.3, 0.4) is 0 Å². The SMILES string of the molecule is CC[C@@H](c1ccccc1)c1nnc(NS(=O)(=O)c2ccsc2)o1. The number of hydrogen-bond donors (Lipinski definition) is 1. The van der Waals surface area contributed by atoms with E-state index in [-0.39, 0.29) is 16.8 Å². The summed E-state index contributed by atoms with van der Waals surface area (Å²) in [4.78, 5) is 0.178. The number of nitrogens with one attached hydrogen (secondary N) is 1. The van der Waals surface area contributed by atoms with Crippen molar-refractivity contribution in [3.8, 4) is 0 Å². The van der Waals surface area contributed by atoms with E-state index in [2.05, 4.69) is 14.9 Å². The summed E-state index contributed by atoms with van der Waals surface area (Å²) in [5.74, 6) is 0.324. The van der Waals surface area contributed by atoms with Gasteiger partial charge in [-0.1, -0.05) is 42.4 Å². The summed E-state index contributed by atoms with van der Waals surface area (Å²) in [6.07, 6.45) is 0.767. The van der Waals surface area contributed by atoms with Gasteiger partial charge in [-0.25, -0.2) is 13.1 Å². The lowest BCUT2D eigenvalue weighted by atomic mass is 9.97. The maximum Gasteiger partial charge on any atom is 0.329 e. The van der Waals surface area contributed by atoms with E-state index in [0.29, 0.717) is 5.89 Å². The van der Waals surface area contributed by atoms with E-state index < -0.39 is 10.0 Å². The normalized spacial score (nSPS) is 12.9. The Morgan fingerprint density at radius 2 is 2.00 bits per heavy atom. The third-order valence-corrected chi connectivity index (χ3v) is 5.53. The topological polar surface area (TPSA) is 85.1 Å². The quantitative estimate of drug-likeness (QED) is 0.736. The Labute approximate surface area is 138 Å². The van der Waals surface area contributed by atoms with Gasteiger partial charge in [-0.2, -0.15) is 11.3 Å². The third kappa shape index (κ3) is 3.43. The first kappa shape index (κ1) is 15.7. The van der Waals surface area contributed by atoms with Gasteiger partial charge in [0.2, 0.25) is 5.89 Å². The molecule has 0 amide bonds. The van der Waals surface area contributed by atoms with E-state index in [4.69, 9.17) is 4.42 Å². The maximum absolute atomic E-state index is 12.1. The zero-order valence-electron chi connectivity index (χ0n) is 12.3. The van der Waals surface area contributed by atoms with Crippen LogP contribution in [0.25, 0.3) is 0 Å². The van der Waals surface area contributed by atoms with Crippen molar-refractivity contribution in [2.75, 3.05) is 4.72 Å². The molecule has 0 saturated heterocycles. The summed E-state index contributed by atoms with van der Waals surface area (Å²) >= 11 is 1.30. The lowest BCUT2D eigenvalue weighted by Gasteiger charge is -2.10.